The van der Waals surface area contributed by atoms with Crippen LogP contribution >= 0.6 is 11.3 Å². The topological polar surface area (TPSA) is 57.4 Å². The molecule has 2 aromatic heterocycles. The Morgan fingerprint density at radius 2 is 2.17 bits per heavy atom. The summed E-state index contributed by atoms with van der Waals surface area (Å²) in [7, 11) is 5.66. The van der Waals surface area contributed by atoms with Gasteiger partial charge in [0.05, 0.1) is 13.2 Å². The molecule has 3 aromatic rings. The number of ether oxygens (including phenoxy) is 1. The van der Waals surface area contributed by atoms with Crippen molar-refractivity contribution in [2.75, 3.05) is 27.7 Å². The number of aromatic amines is 1. The molecule has 0 aliphatic carbocycles. The van der Waals surface area contributed by atoms with Crippen LogP contribution in [0.15, 0.2) is 41.1 Å². The lowest BCUT2D eigenvalue weighted by atomic mass is 10.1. The van der Waals surface area contributed by atoms with E-state index in [0.717, 1.165) is 16.7 Å². The lowest BCUT2D eigenvalue weighted by molar-refractivity contribution is 0.0938. The Morgan fingerprint density at radius 1 is 1.33 bits per heavy atom. The zero-order valence-electron chi connectivity index (χ0n) is 14.0. The molecule has 5 nitrogen and oxygen atoms in total. The minimum absolute atomic E-state index is 0.104. The van der Waals surface area contributed by atoms with Crippen molar-refractivity contribution in [1.29, 1.82) is 0 Å². The van der Waals surface area contributed by atoms with E-state index in [1.165, 1.54) is 5.56 Å². The standard InChI is InChI=1S/C18H21N3O2S/c1-21(2)17(13-6-7-24-11-13)10-19-18(22)16-8-12-4-5-14(23-3)9-15(12)20-16/h4-9,11,17,20H,10H2,1-3H3,(H,19,22). The molecule has 0 fully saturated rings. The second-order valence-corrected chi connectivity index (χ2v) is 6.66. The normalized spacial score (nSPS) is 12.5. The van der Waals surface area contributed by atoms with E-state index in [0.29, 0.717) is 12.2 Å². The molecular formula is C18H21N3O2S. The predicted molar refractivity (Wildman–Crippen MR) is 97.9 cm³/mol. The van der Waals surface area contributed by atoms with Crippen LogP contribution < -0.4 is 10.1 Å². The lowest BCUT2D eigenvalue weighted by Gasteiger charge is -2.23. The monoisotopic (exact) mass is 343 g/mol. The van der Waals surface area contributed by atoms with Gasteiger partial charge in [-0.15, -0.1) is 0 Å². The van der Waals surface area contributed by atoms with Gasteiger partial charge in [0.1, 0.15) is 11.4 Å². The molecule has 2 N–H and O–H groups in total. The Bertz CT molecular complexity index is 824. The summed E-state index contributed by atoms with van der Waals surface area (Å²) >= 11 is 1.66. The number of amides is 1. The number of nitrogens with one attached hydrogen (secondary N) is 2. The van der Waals surface area contributed by atoms with Crippen LogP contribution in [0.1, 0.15) is 22.1 Å². The molecule has 3 rings (SSSR count). The minimum Gasteiger partial charge on any atom is -0.497 e. The van der Waals surface area contributed by atoms with Crippen LogP contribution in [0, 0.1) is 0 Å². The summed E-state index contributed by atoms with van der Waals surface area (Å²) in [5, 5.41) is 8.18. The van der Waals surface area contributed by atoms with Crippen LogP contribution in [0.4, 0.5) is 0 Å². The number of hydrogen-bond donors (Lipinski definition) is 2. The Kier molecular flexibility index (Phi) is 4.87. The van der Waals surface area contributed by atoms with Gasteiger partial charge in [-0.1, -0.05) is 0 Å². The molecule has 0 spiro atoms. The average molecular weight is 343 g/mol. The van der Waals surface area contributed by atoms with Gasteiger partial charge >= 0.3 is 0 Å². The number of likely N-dealkylation sites (N-methyl/N-ethyl adjacent to an activating group) is 1. The van der Waals surface area contributed by atoms with Crippen molar-refractivity contribution in [2.24, 2.45) is 0 Å². The first-order valence-electron chi connectivity index (χ1n) is 7.72. The van der Waals surface area contributed by atoms with Gasteiger partial charge in [-0.05, 0) is 54.7 Å². The summed E-state index contributed by atoms with van der Waals surface area (Å²) < 4.78 is 5.21. The van der Waals surface area contributed by atoms with Gasteiger partial charge in [-0.3, -0.25) is 4.79 Å². The first-order chi connectivity index (χ1) is 11.6. The first kappa shape index (κ1) is 16.5. The second-order valence-electron chi connectivity index (χ2n) is 5.88. The van der Waals surface area contributed by atoms with Gasteiger partial charge in [0.15, 0.2) is 0 Å². The lowest BCUT2D eigenvalue weighted by Crippen LogP contribution is -2.34. The molecule has 0 saturated heterocycles. The summed E-state index contributed by atoms with van der Waals surface area (Å²) in [6.45, 7) is 0.557. The van der Waals surface area contributed by atoms with Crippen LogP contribution in [0.3, 0.4) is 0 Å². The van der Waals surface area contributed by atoms with Gasteiger partial charge in [-0.2, -0.15) is 11.3 Å². The number of methoxy groups -OCH3 is 1. The SMILES string of the molecule is COc1ccc2cc(C(=O)NCC(c3ccsc3)N(C)C)[nH]c2c1. The largest absolute Gasteiger partial charge is 0.497 e. The zero-order chi connectivity index (χ0) is 17.1. The van der Waals surface area contributed by atoms with Crippen LogP contribution in [-0.2, 0) is 0 Å². The van der Waals surface area contributed by atoms with Gasteiger partial charge in [-0.25, -0.2) is 0 Å². The molecule has 126 valence electrons. The number of fused-ring (bicyclic) bond motifs is 1. The molecule has 0 aliphatic heterocycles. The number of rotatable bonds is 6. The van der Waals surface area contributed by atoms with E-state index in [2.05, 4.69) is 32.0 Å². The molecular weight excluding hydrogens is 322 g/mol. The second kappa shape index (κ2) is 7.07. The fourth-order valence-electron chi connectivity index (χ4n) is 2.70. The van der Waals surface area contributed by atoms with E-state index >= 15 is 0 Å². The van der Waals surface area contributed by atoms with E-state index in [9.17, 15) is 4.79 Å². The molecule has 1 atom stereocenters. The number of thiophene rings is 1. The number of carbonyl (C=O) groups is 1. The van der Waals surface area contributed by atoms with Crippen molar-refractivity contribution < 1.29 is 9.53 Å². The Balaban J connectivity index is 1.72. The molecule has 0 radical (unpaired) electrons. The number of carbonyl (C=O) groups excluding carboxylic acids is 1. The van der Waals surface area contributed by atoms with E-state index < -0.39 is 0 Å². The average Bonchev–Trinajstić information content (AvgIpc) is 3.23. The van der Waals surface area contributed by atoms with Crippen molar-refractivity contribution >= 4 is 28.1 Å². The molecule has 1 amide bonds. The van der Waals surface area contributed by atoms with E-state index in [1.807, 2.05) is 38.4 Å². The highest BCUT2D eigenvalue weighted by Gasteiger charge is 2.17. The van der Waals surface area contributed by atoms with Gasteiger partial charge in [0.2, 0.25) is 0 Å². The molecule has 2 heterocycles. The van der Waals surface area contributed by atoms with Crippen LogP contribution in [0.5, 0.6) is 5.75 Å². The molecule has 0 bridgehead atoms. The van der Waals surface area contributed by atoms with E-state index in [-0.39, 0.29) is 11.9 Å². The van der Waals surface area contributed by atoms with Gasteiger partial charge in [0.25, 0.3) is 5.91 Å². The highest BCUT2D eigenvalue weighted by molar-refractivity contribution is 7.07. The van der Waals surface area contributed by atoms with Crippen molar-refractivity contribution in [2.45, 2.75) is 6.04 Å². The first-order valence-corrected chi connectivity index (χ1v) is 8.66. The van der Waals surface area contributed by atoms with Crippen LogP contribution in [0.2, 0.25) is 0 Å². The smallest absolute Gasteiger partial charge is 0.267 e. The number of hydrogen-bond acceptors (Lipinski definition) is 4. The molecule has 0 saturated carbocycles. The third-order valence-corrected chi connectivity index (χ3v) is 4.78. The molecule has 24 heavy (non-hydrogen) atoms. The third kappa shape index (κ3) is 3.44. The number of aromatic nitrogens is 1. The molecule has 1 aromatic carbocycles. The highest BCUT2D eigenvalue weighted by Crippen LogP contribution is 2.22. The van der Waals surface area contributed by atoms with Crippen molar-refractivity contribution in [3.05, 3.63) is 52.3 Å². The fourth-order valence-corrected chi connectivity index (χ4v) is 3.41. The molecule has 6 heteroatoms. The molecule has 1 unspecified atom stereocenters. The Labute approximate surface area is 145 Å². The van der Waals surface area contributed by atoms with Gasteiger partial charge in [0, 0.05) is 23.5 Å². The minimum atomic E-state index is -0.104. The Morgan fingerprint density at radius 3 is 2.83 bits per heavy atom. The maximum Gasteiger partial charge on any atom is 0.267 e. The van der Waals surface area contributed by atoms with Gasteiger partial charge < -0.3 is 19.9 Å². The Hall–Kier alpha value is -2.31. The maximum absolute atomic E-state index is 12.5. The summed E-state index contributed by atoms with van der Waals surface area (Å²) in [5.41, 5.74) is 2.66. The number of nitrogens with zero attached hydrogens (tertiary/aromatic N) is 1. The summed E-state index contributed by atoms with van der Waals surface area (Å²) in [4.78, 5) is 17.7. The maximum atomic E-state index is 12.5. The highest BCUT2D eigenvalue weighted by atomic mass is 32.1. The van der Waals surface area contributed by atoms with Crippen molar-refractivity contribution in [3.8, 4) is 5.75 Å². The number of benzene rings is 1. The van der Waals surface area contributed by atoms with Crippen LogP contribution in [0.25, 0.3) is 10.9 Å². The van der Waals surface area contributed by atoms with E-state index in [4.69, 9.17) is 4.74 Å². The van der Waals surface area contributed by atoms with Crippen LogP contribution in [-0.4, -0.2) is 43.5 Å². The predicted octanol–water partition coefficient (Wildman–Crippen LogP) is 3.27. The summed E-state index contributed by atoms with van der Waals surface area (Å²) in [6.07, 6.45) is 0. The summed E-state index contributed by atoms with van der Waals surface area (Å²) in [5.74, 6) is 0.661. The zero-order valence-corrected chi connectivity index (χ0v) is 14.8. The quantitative estimate of drug-likeness (QED) is 0.722. The number of H-pyrrole nitrogens is 1. The third-order valence-electron chi connectivity index (χ3n) is 4.08. The fraction of sp³-hybridized carbons (Fsp3) is 0.278. The molecule has 0 aliphatic rings. The van der Waals surface area contributed by atoms with E-state index in [1.54, 1.807) is 18.4 Å². The van der Waals surface area contributed by atoms with Crippen molar-refractivity contribution in [1.82, 2.24) is 15.2 Å². The summed E-state index contributed by atoms with van der Waals surface area (Å²) in [6, 6.07) is 9.83. The van der Waals surface area contributed by atoms with Crippen molar-refractivity contribution in [3.63, 3.8) is 0 Å².